The lowest BCUT2D eigenvalue weighted by molar-refractivity contribution is 0.102. The van der Waals surface area contributed by atoms with Gasteiger partial charge in [-0.05, 0) is 55.3 Å². The molecule has 0 radical (unpaired) electrons. The molecule has 38 heavy (non-hydrogen) atoms. The monoisotopic (exact) mass is 512 g/mol. The van der Waals surface area contributed by atoms with Crippen LogP contribution in [0.3, 0.4) is 0 Å². The Morgan fingerprint density at radius 2 is 1.84 bits per heavy atom. The number of benzene rings is 1. The van der Waals surface area contributed by atoms with E-state index in [0.29, 0.717) is 17.4 Å². The topological polar surface area (TPSA) is 93.2 Å². The van der Waals surface area contributed by atoms with E-state index in [0.717, 1.165) is 48.2 Å². The minimum Gasteiger partial charge on any atom is -0.305 e. The Kier molecular flexibility index (Phi) is 5.25. The van der Waals surface area contributed by atoms with Crippen molar-refractivity contribution in [2.45, 2.75) is 32.0 Å². The van der Waals surface area contributed by atoms with E-state index >= 15 is 0 Å². The van der Waals surface area contributed by atoms with Gasteiger partial charge in [-0.25, -0.2) is 18.9 Å². The Hall–Kier alpha value is -4.51. The number of amides is 1. The van der Waals surface area contributed by atoms with Crippen molar-refractivity contribution in [3.8, 4) is 22.5 Å². The number of pyridine rings is 1. The van der Waals surface area contributed by atoms with E-state index in [1.807, 2.05) is 16.8 Å². The summed E-state index contributed by atoms with van der Waals surface area (Å²) in [6, 6.07) is 13.1. The Labute approximate surface area is 215 Å². The van der Waals surface area contributed by atoms with E-state index in [1.165, 1.54) is 37.2 Å². The zero-order valence-corrected chi connectivity index (χ0v) is 20.2. The van der Waals surface area contributed by atoms with Crippen LogP contribution in [0.5, 0.6) is 0 Å². The summed E-state index contributed by atoms with van der Waals surface area (Å²) in [4.78, 5) is 22.9. The number of nitrogens with one attached hydrogen (secondary N) is 1. The van der Waals surface area contributed by atoms with Gasteiger partial charge in [-0.15, -0.1) is 0 Å². The molecule has 9 nitrogen and oxygen atoms in total. The Balaban J connectivity index is 1.27. The molecule has 0 unspecified atom stereocenters. The minimum absolute atomic E-state index is 0.138. The number of anilines is 1. The quantitative estimate of drug-likeness (QED) is 0.356. The predicted molar refractivity (Wildman–Crippen MR) is 135 cm³/mol. The first-order valence-corrected chi connectivity index (χ1v) is 12.4. The standard InChI is InChI=1S/C27H22F2N8O/c28-18-3-1-16(2-4-18)26-25(21-14-35(19-5-6-19)11-12-36(21)34-26)20-7-8-24-31-23(15-37(24)33-20)32-27(38)17-9-10-30-22(29)13-17/h1-4,7-10,13,15,19H,5-6,11-12,14H2,(H,32,38). The zero-order valence-electron chi connectivity index (χ0n) is 20.2. The Bertz CT molecular complexity index is 1690. The van der Waals surface area contributed by atoms with Crippen molar-refractivity contribution in [2.24, 2.45) is 0 Å². The van der Waals surface area contributed by atoms with E-state index < -0.39 is 11.9 Å². The molecule has 1 aliphatic carbocycles. The summed E-state index contributed by atoms with van der Waals surface area (Å²) in [5.74, 6) is -1.26. The first kappa shape index (κ1) is 22.7. The van der Waals surface area contributed by atoms with Gasteiger partial charge in [-0.3, -0.25) is 14.4 Å². The number of nitrogens with zero attached hydrogens (tertiary/aromatic N) is 7. The molecule has 11 heteroatoms. The second kappa shape index (κ2) is 8.80. The molecule has 0 saturated heterocycles. The van der Waals surface area contributed by atoms with E-state index in [4.69, 9.17) is 10.2 Å². The third-order valence-electron chi connectivity index (χ3n) is 7.00. The Morgan fingerprint density at radius 1 is 1.00 bits per heavy atom. The summed E-state index contributed by atoms with van der Waals surface area (Å²) in [6.45, 7) is 2.49. The van der Waals surface area contributed by atoms with Crippen LogP contribution in [-0.4, -0.2) is 52.8 Å². The van der Waals surface area contributed by atoms with Crippen LogP contribution < -0.4 is 5.32 Å². The maximum atomic E-state index is 13.7. The van der Waals surface area contributed by atoms with E-state index in [-0.39, 0.29) is 17.2 Å². The molecular weight excluding hydrogens is 490 g/mol. The van der Waals surface area contributed by atoms with Crippen molar-refractivity contribution in [3.63, 3.8) is 0 Å². The third kappa shape index (κ3) is 4.10. The van der Waals surface area contributed by atoms with Gasteiger partial charge in [0.2, 0.25) is 5.95 Å². The van der Waals surface area contributed by atoms with Gasteiger partial charge in [0, 0.05) is 42.5 Å². The molecule has 1 aliphatic heterocycles. The average Bonchev–Trinajstić information content (AvgIpc) is 3.59. The third-order valence-corrected chi connectivity index (χ3v) is 7.00. The summed E-state index contributed by atoms with van der Waals surface area (Å²) in [5, 5.41) is 12.4. The van der Waals surface area contributed by atoms with Crippen LogP contribution in [0.1, 0.15) is 28.9 Å². The van der Waals surface area contributed by atoms with Gasteiger partial charge in [0.05, 0.1) is 29.7 Å². The van der Waals surface area contributed by atoms with Crippen LogP contribution in [0.15, 0.2) is 60.9 Å². The molecule has 190 valence electrons. The maximum Gasteiger partial charge on any atom is 0.257 e. The number of carbonyl (C=O) groups is 1. The number of carbonyl (C=O) groups excluding carboxylic acids is 1. The first-order chi connectivity index (χ1) is 18.5. The molecule has 0 atom stereocenters. The fourth-order valence-electron chi connectivity index (χ4n) is 4.98. The van der Waals surface area contributed by atoms with Crippen LogP contribution in [0, 0.1) is 11.8 Å². The summed E-state index contributed by atoms with van der Waals surface area (Å²) in [6.07, 6.45) is 5.28. The summed E-state index contributed by atoms with van der Waals surface area (Å²) in [7, 11) is 0. The highest BCUT2D eigenvalue weighted by molar-refractivity contribution is 6.03. The summed E-state index contributed by atoms with van der Waals surface area (Å²) in [5.41, 5.74) is 4.90. The summed E-state index contributed by atoms with van der Waals surface area (Å²) >= 11 is 0. The van der Waals surface area contributed by atoms with Crippen LogP contribution >= 0.6 is 0 Å². The van der Waals surface area contributed by atoms with E-state index in [2.05, 4.69) is 20.2 Å². The molecule has 7 rings (SSSR count). The number of rotatable bonds is 5. The number of imidazole rings is 1. The molecule has 0 spiro atoms. The molecule has 2 aliphatic rings. The van der Waals surface area contributed by atoms with Crippen LogP contribution in [0.25, 0.3) is 28.2 Å². The molecule has 5 aromatic rings. The lowest BCUT2D eigenvalue weighted by Gasteiger charge is -2.28. The van der Waals surface area contributed by atoms with Crippen LogP contribution in [0.4, 0.5) is 14.6 Å². The zero-order chi connectivity index (χ0) is 25.8. The van der Waals surface area contributed by atoms with Crippen molar-refractivity contribution < 1.29 is 13.6 Å². The van der Waals surface area contributed by atoms with Crippen molar-refractivity contribution in [1.29, 1.82) is 0 Å². The lowest BCUT2D eigenvalue weighted by Crippen LogP contribution is -2.35. The number of halogens is 2. The molecular formula is C27H22F2N8O. The van der Waals surface area contributed by atoms with Crippen molar-refractivity contribution in [2.75, 3.05) is 11.9 Å². The highest BCUT2D eigenvalue weighted by atomic mass is 19.1. The van der Waals surface area contributed by atoms with Crippen molar-refractivity contribution in [3.05, 3.63) is 83.9 Å². The molecule has 1 saturated carbocycles. The highest BCUT2D eigenvalue weighted by Gasteiger charge is 2.34. The van der Waals surface area contributed by atoms with Gasteiger partial charge >= 0.3 is 0 Å². The largest absolute Gasteiger partial charge is 0.305 e. The second-order valence-electron chi connectivity index (χ2n) is 9.57. The molecule has 1 fully saturated rings. The van der Waals surface area contributed by atoms with Gasteiger partial charge in [-0.1, -0.05) is 0 Å². The highest BCUT2D eigenvalue weighted by Crippen LogP contribution is 2.38. The van der Waals surface area contributed by atoms with E-state index in [9.17, 15) is 13.6 Å². The predicted octanol–water partition coefficient (Wildman–Crippen LogP) is 4.16. The number of hydrogen-bond donors (Lipinski definition) is 1. The van der Waals surface area contributed by atoms with Gasteiger partial charge in [-0.2, -0.15) is 14.6 Å². The first-order valence-electron chi connectivity index (χ1n) is 12.4. The lowest BCUT2D eigenvalue weighted by atomic mass is 10.0. The maximum absolute atomic E-state index is 13.7. The fourth-order valence-corrected chi connectivity index (χ4v) is 4.98. The fraction of sp³-hybridized carbons (Fsp3) is 0.222. The molecule has 5 heterocycles. The number of hydrogen-bond acceptors (Lipinski definition) is 6. The Morgan fingerprint density at radius 3 is 2.63 bits per heavy atom. The molecule has 1 amide bonds. The van der Waals surface area contributed by atoms with Crippen LogP contribution in [-0.2, 0) is 13.1 Å². The summed E-state index contributed by atoms with van der Waals surface area (Å²) < 4.78 is 30.7. The van der Waals surface area contributed by atoms with Crippen molar-refractivity contribution >= 4 is 17.4 Å². The second-order valence-corrected chi connectivity index (χ2v) is 9.57. The van der Waals surface area contributed by atoms with Gasteiger partial charge in [0.1, 0.15) is 11.5 Å². The van der Waals surface area contributed by atoms with Crippen molar-refractivity contribution in [1.82, 2.24) is 34.3 Å². The van der Waals surface area contributed by atoms with E-state index in [1.54, 1.807) is 22.8 Å². The number of fused-ring (bicyclic) bond motifs is 2. The molecule has 1 aromatic carbocycles. The molecule has 0 bridgehead atoms. The average molecular weight is 513 g/mol. The van der Waals surface area contributed by atoms with Gasteiger partial charge in [0.15, 0.2) is 11.5 Å². The van der Waals surface area contributed by atoms with Gasteiger partial charge < -0.3 is 5.32 Å². The smallest absolute Gasteiger partial charge is 0.257 e. The molecule has 1 N–H and O–H groups in total. The van der Waals surface area contributed by atoms with Crippen LogP contribution in [0.2, 0.25) is 0 Å². The van der Waals surface area contributed by atoms with Gasteiger partial charge in [0.25, 0.3) is 5.91 Å². The molecule has 4 aromatic heterocycles. The minimum atomic E-state index is -0.735. The SMILES string of the molecule is O=C(Nc1cn2nc(-c3c(-c4ccc(F)cc4)nn4c3CN(C3CC3)CC4)ccc2n1)c1ccnc(F)c1. The number of aromatic nitrogens is 6. The normalized spacial score (nSPS) is 15.5.